The summed E-state index contributed by atoms with van der Waals surface area (Å²) in [4.78, 5) is 10.7. The average Bonchev–Trinajstić information content (AvgIpc) is 2.71. The quantitative estimate of drug-likeness (QED) is 0.679. The molecule has 74 valence electrons. The second kappa shape index (κ2) is 4.35. The van der Waals surface area contributed by atoms with Gasteiger partial charge in [-0.15, -0.1) is 0 Å². The first-order valence-electron chi connectivity index (χ1n) is 4.66. The van der Waals surface area contributed by atoms with Crippen LogP contribution in [0.3, 0.4) is 0 Å². The fraction of sp³-hybridized carbons (Fsp3) is 0.364. The lowest BCUT2D eigenvalue weighted by atomic mass is 10.1. The van der Waals surface area contributed by atoms with E-state index in [0.29, 0.717) is 25.2 Å². The number of rotatable bonds is 3. The van der Waals surface area contributed by atoms with Gasteiger partial charge in [0.15, 0.2) is 6.29 Å². The molecule has 1 fully saturated rings. The highest BCUT2D eigenvalue weighted by Gasteiger charge is 2.17. The van der Waals surface area contributed by atoms with E-state index in [1.54, 1.807) is 6.07 Å². The molecular formula is C11H12O3. The van der Waals surface area contributed by atoms with Crippen LogP contribution in [0.5, 0.6) is 0 Å². The second-order valence-corrected chi connectivity index (χ2v) is 3.19. The lowest BCUT2D eigenvalue weighted by Crippen LogP contribution is -2.12. The first-order chi connectivity index (χ1) is 6.90. The fourth-order valence-electron chi connectivity index (χ4n) is 1.54. The third-order valence-corrected chi connectivity index (χ3v) is 2.26. The van der Waals surface area contributed by atoms with Crippen LogP contribution < -0.4 is 0 Å². The maximum absolute atomic E-state index is 10.7. The second-order valence-electron chi connectivity index (χ2n) is 3.19. The van der Waals surface area contributed by atoms with Crippen molar-refractivity contribution in [2.24, 2.45) is 0 Å². The number of carbonyl (C=O) groups is 1. The Labute approximate surface area is 82.6 Å². The summed E-state index contributed by atoms with van der Waals surface area (Å²) in [7, 11) is 0. The van der Waals surface area contributed by atoms with Crippen LogP contribution in [0.1, 0.15) is 15.9 Å². The van der Waals surface area contributed by atoms with Crippen LogP contribution in [-0.2, 0) is 15.9 Å². The number of hydrogen-bond donors (Lipinski definition) is 0. The zero-order valence-electron chi connectivity index (χ0n) is 7.81. The summed E-state index contributed by atoms with van der Waals surface area (Å²) < 4.78 is 10.6. The van der Waals surface area contributed by atoms with Gasteiger partial charge in [-0.3, -0.25) is 4.79 Å². The van der Waals surface area contributed by atoms with Crippen LogP contribution in [0, 0.1) is 0 Å². The van der Waals surface area contributed by atoms with Gasteiger partial charge in [-0.1, -0.05) is 24.3 Å². The lowest BCUT2D eigenvalue weighted by Gasteiger charge is -2.09. The Morgan fingerprint density at radius 3 is 2.71 bits per heavy atom. The van der Waals surface area contributed by atoms with Crippen LogP contribution in [0.2, 0.25) is 0 Å². The molecule has 1 aliphatic rings. The molecule has 1 aromatic rings. The van der Waals surface area contributed by atoms with Crippen molar-refractivity contribution in [3.63, 3.8) is 0 Å². The summed E-state index contributed by atoms with van der Waals surface area (Å²) >= 11 is 0. The van der Waals surface area contributed by atoms with Gasteiger partial charge in [-0.05, 0) is 5.56 Å². The van der Waals surface area contributed by atoms with Crippen molar-refractivity contribution in [3.8, 4) is 0 Å². The summed E-state index contributed by atoms with van der Waals surface area (Å²) in [5.41, 5.74) is 1.70. The highest BCUT2D eigenvalue weighted by molar-refractivity contribution is 5.77. The highest BCUT2D eigenvalue weighted by atomic mass is 16.7. The van der Waals surface area contributed by atoms with Gasteiger partial charge in [0.05, 0.1) is 13.2 Å². The molecule has 0 aromatic heterocycles. The predicted octanol–water partition coefficient (Wildman–Crippen LogP) is 1.41. The highest BCUT2D eigenvalue weighted by Crippen LogP contribution is 2.14. The van der Waals surface area contributed by atoms with E-state index < -0.39 is 0 Å². The van der Waals surface area contributed by atoms with Gasteiger partial charge in [-0.25, -0.2) is 0 Å². The minimum atomic E-state index is -0.184. The minimum absolute atomic E-state index is 0.184. The van der Waals surface area contributed by atoms with E-state index in [2.05, 4.69) is 0 Å². The number of hydrogen-bond acceptors (Lipinski definition) is 3. The smallest absolute Gasteiger partial charge is 0.161 e. The maximum Gasteiger partial charge on any atom is 0.161 e. The molecule has 0 radical (unpaired) electrons. The van der Waals surface area contributed by atoms with E-state index in [-0.39, 0.29) is 6.29 Å². The summed E-state index contributed by atoms with van der Waals surface area (Å²) in [6.45, 7) is 1.29. The van der Waals surface area contributed by atoms with Crippen molar-refractivity contribution in [3.05, 3.63) is 35.4 Å². The monoisotopic (exact) mass is 192 g/mol. The molecule has 0 amide bonds. The Morgan fingerprint density at radius 2 is 2.00 bits per heavy atom. The summed E-state index contributed by atoms with van der Waals surface area (Å²) in [5, 5.41) is 0. The molecule has 0 atom stereocenters. The first kappa shape index (κ1) is 9.37. The third kappa shape index (κ3) is 2.00. The summed E-state index contributed by atoms with van der Waals surface area (Å²) in [6, 6.07) is 7.49. The zero-order chi connectivity index (χ0) is 9.80. The molecule has 1 saturated heterocycles. The van der Waals surface area contributed by atoms with E-state index in [1.807, 2.05) is 18.2 Å². The van der Waals surface area contributed by atoms with Crippen LogP contribution in [-0.4, -0.2) is 25.8 Å². The molecule has 0 saturated carbocycles. The molecular weight excluding hydrogens is 180 g/mol. The van der Waals surface area contributed by atoms with Crippen molar-refractivity contribution >= 4 is 6.29 Å². The molecule has 0 N–H and O–H groups in total. The van der Waals surface area contributed by atoms with Gasteiger partial charge < -0.3 is 9.47 Å². The molecule has 0 aliphatic carbocycles. The standard InChI is InChI=1S/C11H12O3/c12-8-10-4-2-1-3-9(10)7-11-13-5-6-14-11/h1-4,8,11H,5-7H2. The Bertz CT molecular complexity index is 316. The van der Waals surface area contributed by atoms with E-state index >= 15 is 0 Å². The van der Waals surface area contributed by atoms with Crippen molar-refractivity contribution in [2.45, 2.75) is 12.7 Å². The zero-order valence-corrected chi connectivity index (χ0v) is 7.81. The Hall–Kier alpha value is -1.19. The van der Waals surface area contributed by atoms with E-state index in [4.69, 9.17) is 9.47 Å². The van der Waals surface area contributed by atoms with Crippen molar-refractivity contribution < 1.29 is 14.3 Å². The van der Waals surface area contributed by atoms with Crippen LogP contribution >= 0.6 is 0 Å². The molecule has 2 rings (SSSR count). The maximum atomic E-state index is 10.7. The van der Waals surface area contributed by atoms with Crippen molar-refractivity contribution in [1.29, 1.82) is 0 Å². The normalized spacial score (nSPS) is 17.1. The number of ether oxygens (including phenoxy) is 2. The number of carbonyl (C=O) groups excluding carboxylic acids is 1. The summed E-state index contributed by atoms with van der Waals surface area (Å²) in [5.74, 6) is 0. The fourth-order valence-corrected chi connectivity index (χ4v) is 1.54. The molecule has 0 spiro atoms. The van der Waals surface area contributed by atoms with Gasteiger partial charge >= 0.3 is 0 Å². The van der Waals surface area contributed by atoms with E-state index in [1.165, 1.54) is 0 Å². The van der Waals surface area contributed by atoms with Gasteiger partial charge in [-0.2, -0.15) is 0 Å². The van der Waals surface area contributed by atoms with Crippen LogP contribution in [0.4, 0.5) is 0 Å². The van der Waals surface area contributed by atoms with Gasteiger partial charge in [0, 0.05) is 12.0 Å². The van der Waals surface area contributed by atoms with Gasteiger partial charge in [0.25, 0.3) is 0 Å². The van der Waals surface area contributed by atoms with E-state index in [0.717, 1.165) is 11.8 Å². The predicted molar refractivity (Wildman–Crippen MR) is 51.2 cm³/mol. The topological polar surface area (TPSA) is 35.5 Å². The molecule has 1 aromatic carbocycles. The number of benzene rings is 1. The molecule has 14 heavy (non-hydrogen) atoms. The molecule has 0 bridgehead atoms. The SMILES string of the molecule is O=Cc1ccccc1CC1OCCO1. The average molecular weight is 192 g/mol. The van der Waals surface area contributed by atoms with Crippen molar-refractivity contribution in [2.75, 3.05) is 13.2 Å². The molecule has 0 unspecified atom stereocenters. The van der Waals surface area contributed by atoms with Crippen molar-refractivity contribution in [1.82, 2.24) is 0 Å². The minimum Gasteiger partial charge on any atom is -0.350 e. The molecule has 3 nitrogen and oxygen atoms in total. The van der Waals surface area contributed by atoms with Gasteiger partial charge in [0.2, 0.25) is 0 Å². The third-order valence-electron chi connectivity index (χ3n) is 2.26. The largest absolute Gasteiger partial charge is 0.350 e. The molecule has 3 heteroatoms. The van der Waals surface area contributed by atoms with E-state index in [9.17, 15) is 4.79 Å². The Kier molecular flexibility index (Phi) is 2.91. The number of aldehydes is 1. The summed E-state index contributed by atoms with van der Waals surface area (Å²) in [6.07, 6.45) is 1.33. The van der Waals surface area contributed by atoms with Crippen LogP contribution in [0.25, 0.3) is 0 Å². The Balaban J connectivity index is 2.10. The Morgan fingerprint density at radius 1 is 1.29 bits per heavy atom. The first-order valence-corrected chi connectivity index (χ1v) is 4.66. The van der Waals surface area contributed by atoms with Crippen LogP contribution in [0.15, 0.2) is 24.3 Å². The molecule has 1 aliphatic heterocycles. The molecule has 1 heterocycles. The van der Waals surface area contributed by atoms with Gasteiger partial charge in [0.1, 0.15) is 6.29 Å². The lowest BCUT2D eigenvalue weighted by molar-refractivity contribution is -0.0400.